The summed E-state index contributed by atoms with van der Waals surface area (Å²) in [6, 6.07) is 1.73. The number of aryl methyl sites for hydroxylation is 2. The van der Waals surface area contributed by atoms with Crippen molar-refractivity contribution in [3.8, 4) is 0 Å². The lowest BCUT2D eigenvalue weighted by Gasteiger charge is -2.18. The van der Waals surface area contributed by atoms with Crippen LogP contribution in [0.15, 0.2) is 6.07 Å². The van der Waals surface area contributed by atoms with Gasteiger partial charge in [-0.15, -0.1) is 11.3 Å². The van der Waals surface area contributed by atoms with E-state index < -0.39 is 0 Å². The second-order valence-corrected chi connectivity index (χ2v) is 7.63. The molecule has 1 unspecified atom stereocenters. The van der Waals surface area contributed by atoms with Crippen molar-refractivity contribution >= 4 is 28.2 Å². The molecule has 0 radical (unpaired) electrons. The van der Waals surface area contributed by atoms with E-state index in [0.717, 1.165) is 30.5 Å². The molecule has 1 N–H and O–H groups in total. The van der Waals surface area contributed by atoms with Crippen molar-refractivity contribution in [2.24, 2.45) is 13.0 Å². The first-order valence-electron chi connectivity index (χ1n) is 8.54. The minimum atomic E-state index is -0.359. The predicted octanol–water partition coefficient (Wildman–Crippen LogP) is 3.34. The van der Waals surface area contributed by atoms with E-state index in [4.69, 9.17) is 4.74 Å². The summed E-state index contributed by atoms with van der Waals surface area (Å²) in [7, 11) is 1.79. The number of amides is 1. The number of hydrogen-bond acceptors (Lipinski definition) is 5. The van der Waals surface area contributed by atoms with E-state index in [0.29, 0.717) is 28.8 Å². The highest BCUT2D eigenvalue weighted by molar-refractivity contribution is 7.17. The maximum absolute atomic E-state index is 12.6. The zero-order chi connectivity index (χ0) is 18.1. The van der Waals surface area contributed by atoms with Gasteiger partial charge >= 0.3 is 5.97 Å². The Hall–Kier alpha value is -2.15. The molecule has 6 nitrogen and oxygen atoms in total. The van der Waals surface area contributed by atoms with Crippen LogP contribution in [0.25, 0.3) is 0 Å². The van der Waals surface area contributed by atoms with Crippen molar-refractivity contribution < 1.29 is 14.3 Å². The molecule has 7 heteroatoms. The molecule has 0 aliphatic heterocycles. The Morgan fingerprint density at radius 3 is 2.88 bits per heavy atom. The van der Waals surface area contributed by atoms with Gasteiger partial charge in [-0.1, -0.05) is 6.92 Å². The highest BCUT2D eigenvalue weighted by Gasteiger charge is 2.29. The van der Waals surface area contributed by atoms with Crippen molar-refractivity contribution in [2.75, 3.05) is 11.9 Å². The summed E-state index contributed by atoms with van der Waals surface area (Å²) in [5, 5.41) is 7.66. The van der Waals surface area contributed by atoms with Gasteiger partial charge in [0.25, 0.3) is 5.91 Å². The predicted molar refractivity (Wildman–Crippen MR) is 97.4 cm³/mol. The van der Waals surface area contributed by atoms with E-state index in [-0.39, 0.29) is 11.9 Å². The van der Waals surface area contributed by atoms with E-state index in [2.05, 4.69) is 17.3 Å². The van der Waals surface area contributed by atoms with Gasteiger partial charge in [-0.05, 0) is 50.7 Å². The normalized spacial score (nSPS) is 16.4. The molecule has 2 aromatic heterocycles. The van der Waals surface area contributed by atoms with Crippen LogP contribution in [0.2, 0.25) is 0 Å². The second-order valence-electron chi connectivity index (χ2n) is 6.53. The quantitative estimate of drug-likeness (QED) is 0.848. The molecule has 1 amide bonds. The number of nitrogens with zero attached hydrogens (tertiary/aromatic N) is 2. The smallest absolute Gasteiger partial charge is 0.341 e. The molecule has 0 saturated carbocycles. The zero-order valence-corrected chi connectivity index (χ0v) is 15.8. The number of thiophene rings is 1. The molecule has 0 spiro atoms. The third-order valence-corrected chi connectivity index (χ3v) is 5.73. The van der Waals surface area contributed by atoms with Crippen LogP contribution < -0.4 is 5.32 Å². The Bertz CT molecular complexity index is 802. The number of nitrogens with one attached hydrogen (secondary N) is 1. The minimum absolute atomic E-state index is 0.305. The summed E-state index contributed by atoms with van der Waals surface area (Å²) in [5.41, 5.74) is 2.80. The Kier molecular flexibility index (Phi) is 4.94. The third-order valence-electron chi connectivity index (χ3n) is 4.56. The molecule has 1 atom stereocenters. The second kappa shape index (κ2) is 7.00. The zero-order valence-electron chi connectivity index (χ0n) is 15.0. The first-order chi connectivity index (χ1) is 11.9. The van der Waals surface area contributed by atoms with Crippen LogP contribution in [0.1, 0.15) is 57.2 Å². The van der Waals surface area contributed by atoms with Crippen molar-refractivity contribution in [1.82, 2.24) is 9.78 Å². The van der Waals surface area contributed by atoms with Gasteiger partial charge in [-0.3, -0.25) is 9.48 Å². The molecule has 134 valence electrons. The summed E-state index contributed by atoms with van der Waals surface area (Å²) in [6.45, 7) is 6.20. The Labute approximate surface area is 151 Å². The fraction of sp³-hybridized carbons (Fsp3) is 0.500. The molecule has 0 aromatic carbocycles. The number of rotatable bonds is 4. The van der Waals surface area contributed by atoms with Crippen LogP contribution in [-0.2, 0) is 24.6 Å². The first-order valence-corrected chi connectivity index (χ1v) is 9.36. The average molecular weight is 361 g/mol. The van der Waals surface area contributed by atoms with E-state index >= 15 is 0 Å². The Balaban J connectivity index is 1.94. The molecule has 25 heavy (non-hydrogen) atoms. The topological polar surface area (TPSA) is 73.2 Å². The molecule has 0 fully saturated rings. The third kappa shape index (κ3) is 3.46. The molecule has 2 heterocycles. The number of ether oxygens (including phenoxy) is 1. The molecule has 0 bridgehead atoms. The molecule has 2 aromatic rings. The number of carbonyl (C=O) groups excluding carboxylic acids is 2. The first kappa shape index (κ1) is 17.7. The molecule has 1 aliphatic carbocycles. The molecular weight excluding hydrogens is 338 g/mol. The van der Waals surface area contributed by atoms with Gasteiger partial charge in [-0.25, -0.2) is 4.79 Å². The fourth-order valence-corrected chi connectivity index (χ4v) is 4.49. The number of fused-ring (bicyclic) bond motifs is 1. The van der Waals surface area contributed by atoms with Gasteiger partial charge in [0.2, 0.25) is 0 Å². The number of hydrogen-bond donors (Lipinski definition) is 1. The largest absolute Gasteiger partial charge is 0.462 e. The number of aromatic nitrogens is 2. The summed E-state index contributed by atoms with van der Waals surface area (Å²) < 4.78 is 6.88. The van der Waals surface area contributed by atoms with Crippen LogP contribution in [0.3, 0.4) is 0 Å². The lowest BCUT2D eigenvalue weighted by Crippen LogP contribution is -2.17. The Morgan fingerprint density at radius 1 is 1.48 bits per heavy atom. The fourth-order valence-electron chi connectivity index (χ4n) is 3.10. The maximum Gasteiger partial charge on any atom is 0.341 e. The van der Waals surface area contributed by atoms with E-state index in [1.165, 1.54) is 16.2 Å². The lowest BCUT2D eigenvalue weighted by molar-refractivity contribution is 0.0526. The molecule has 1 aliphatic rings. The van der Waals surface area contributed by atoms with Gasteiger partial charge in [0, 0.05) is 17.6 Å². The van der Waals surface area contributed by atoms with Gasteiger partial charge in [0.1, 0.15) is 5.00 Å². The van der Waals surface area contributed by atoms with E-state index in [1.807, 2.05) is 6.92 Å². The number of carbonyl (C=O) groups is 2. The summed E-state index contributed by atoms with van der Waals surface area (Å²) in [5.74, 6) is -0.0777. The maximum atomic E-state index is 12.6. The number of anilines is 1. The lowest BCUT2D eigenvalue weighted by atomic mass is 9.88. The standard InChI is InChI=1S/C18H23N3O3S/c1-5-24-18(23)15-12-7-6-10(2)8-14(12)25-17(15)19-16(22)13-9-11(3)21(4)20-13/h9-10H,5-8H2,1-4H3,(H,19,22). The monoisotopic (exact) mass is 361 g/mol. The average Bonchev–Trinajstić information content (AvgIpc) is 3.07. The van der Waals surface area contributed by atoms with Crippen molar-refractivity contribution in [1.29, 1.82) is 0 Å². The van der Waals surface area contributed by atoms with Crippen molar-refractivity contribution in [3.05, 3.63) is 33.5 Å². The van der Waals surface area contributed by atoms with Gasteiger partial charge in [0.15, 0.2) is 5.69 Å². The molecule has 3 rings (SSSR count). The Morgan fingerprint density at radius 2 is 2.24 bits per heavy atom. The van der Waals surface area contributed by atoms with Gasteiger partial charge in [-0.2, -0.15) is 5.10 Å². The molecular formula is C18H23N3O3S. The summed E-state index contributed by atoms with van der Waals surface area (Å²) >= 11 is 1.49. The summed E-state index contributed by atoms with van der Waals surface area (Å²) in [6.07, 6.45) is 2.83. The van der Waals surface area contributed by atoms with Crippen LogP contribution >= 0.6 is 11.3 Å². The van der Waals surface area contributed by atoms with Gasteiger partial charge < -0.3 is 10.1 Å². The van der Waals surface area contributed by atoms with E-state index in [1.54, 1.807) is 24.7 Å². The SMILES string of the molecule is CCOC(=O)c1c(NC(=O)c2cc(C)n(C)n2)sc2c1CCC(C)C2. The highest BCUT2D eigenvalue weighted by Crippen LogP contribution is 2.40. The molecule has 0 saturated heterocycles. The van der Waals surface area contributed by atoms with Crippen LogP contribution in [0, 0.1) is 12.8 Å². The van der Waals surface area contributed by atoms with Crippen LogP contribution in [0.5, 0.6) is 0 Å². The highest BCUT2D eigenvalue weighted by atomic mass is 32.1. The number of esters is 1. The summed E-state index contributed by atoms with van der Waals surface area (Å²) in [4.78, 5) is 26.2. The van der Waals surface area contributed by atoms with Crippen LogP contribution in [0.4, 0.5) is 5.00 Å². The van der Waals surface area contributed by atoms with E-state index in [9.17, 15) is 9.59 Å². The minimum Gasteiger partial charge on any atom is -0.462 e. The van der Waals surface area contributed by atoms with Crippen molar-refractivity contribution in [3.63, 3.8) is 0 Å². The van der Waals surface area contributed by atoms with Crippen molar-refractivity contribution in [2.45, 2.75) is 40.0 Å². The van der Waals surface area contributed by atoms with Crippen LogP contribution in [-0.4, -0.2) is 28.3 Å². The van der Waals surface area contributed by atoms with Gasteiger partial charge in [0.05, 0.1) is 12.2 Å².